The van der Waals surface area contributed by atoms with E-state index in [4.69, 9.17) is 59.9 Å². The molecule has 11 N–H and O–H groups in total. The minimum absolute atomic E-state index is 0.00828. The normalized spacial score (nSPS) is 27.9. The number of anilines is 4. The number of carbonyl (C=O) groups is 7. The number of rotatable bonds is 24. The van der Waals surface area contributed by atoms with Crippen LogP contribution in [-0.4, -0.2) is 289 Å². The van der Waals surface area contributed by atoms with Crippen molar-refractivity contribution < 1.29 is 86.5 Å². The van der Waals surface area contributed by atoms with Crippen molar-refractivity contribution in [1.29, 1.82) is 0 Å². The Labute approximate surface area is 740 Å². The van der Waals surface area contributed by atoms with Crippen molar-refractivity contribution in [2.45, 2.75) is 218 Å². The highest BCUT2D eigenvalue weighted by Gasteiger charge is 2.53. The molecule has 16 atom stereocenters. The fourth-order valence-electron chi connectivity index (χ4n) is 17.9. The number of carbonyl (C=O) groups excluding carboxylic acids is 7. The van der Waals surface area contributed by atoms with Crippen molar-refractivity contribution >= 4 is 87.2 Å². The van der Waals surface area contributed by atoms with E-state index in [2.05, 4.69) is 55.3 Å². The van der Waals surface area contributed by atoms with Gasteiger partial charge in [0.25, 0.3) is 23.6 Å². The molecule has 0 spiro atoms. The first-order chi connectivity index (χ1) is 61.1. The van der Waals surface area contributed by atoms with Crippen LogP contribution in [-0.2, 0) is 70.2 Å². The smallest absolute Gasteiger partial charge is 0.407 e. The number of fused-ring (bicyclic) bond motifs is 5. The van der Waals surface area contributed by atoms with Gasteiger partial charge in [0.2, 0.25) is 23.6 Å². The molecule has 2 bridgehead atoms. The molecule has 12 rings (SSSR count). The summed E-state index contributed by atoms with van der Waals surface area (Å²) in [6.07, 6.45) is 17.0. The molecule has 690 valence electrons. The van der Waals surface area contributed by atoms with E-state index in [-0.39, 0.29) is 68.4 Å². The minimum Gasteiger partial charge on any atom is -0.459 e. The molecule has 10 heterocycles. The van der Waals surface area contributed by atoms with Gasteiger partial charge in [-0.05, 0) is 132 Å². The standard InChI is InChI=1S/C90H127N19O18/c1-54-17-11-10-12-18-55(2)70(120-7)46-64-23-20-59(6)90(119,127-64)80(114)84(116)108-28-15-13-19-67(108)85(117)124-72(47-71(121-8)56(3)42-58(5)78(112)79(113)77(111)57(4)41-54)65(91)43-60-21-24-69(73(44-60)122-9)126-89(118)99-50-61-48-95-87(96-49-61)107-36-34-105(35-37-107)74(110)26-39-123-40-38-104-30-32-106(33-31-104)88-97-51-63(52-98-88)83(115)94-27-14-16-29-109-82-75(81(92)100-53-101-82)76(103-109)62-22-25-68-66(45-62)102-86(93)125-68/h10-12,17-18,22,25,42,45,48-49,51-54,56-57,59-60,64-65,67,69-73,78-79,112-113,119H,13-16,19-21,23-24,26-41,43-44,46-47,50,91H2,1-9H3,(H2,93,102)(H,94,115)(H,99,118)(H2,92,100,101)/b12-10?,17-11+,55-18?,58-42+/t54-,56-,57-,59-,60+,64+,65-,67+,69-,70+,71-,72+,73-,78-,79+,90-/m1/s1. The lowest BCUT2D eigenvalue weighted by molar-refractivity contribution is -0.265. The number of allylic oxidation sites excluding steroid dienone is 5. The number of piperidine rings is 1. The second kappa shape index (κ2) is 45.1. The van der Waals surface area contributed by atoms with Gasteiger partial charge in [0.1, 0.15) is 53.8 Å². The Morgan fingerprint density at radius 2 is 1.45 bits per heavy atom. The highest BCUT2D eigenvalue weighted by molar-refractivity contribution is 6.39. The number of piperazine rings is 2. The van der Waals surface area contributed by atoms with E-state index < -0.39 is 114 Å². The summed E-state index contributed by atoms with van der Waals surface area (Å²) in [7, 11) is 4.60. The molecule has 5 aliphatic heterocycles. The fourth-order valence-corrected chi connectivity index (χ4v) is 17.9. The Kier molecular flexibility index (Phi) is 34.0. The maximum Gasteiger partial charge on any atom is 0.407 e. The maximum absolute atomic E-state index is 14.9. The zero-order chi connectivity index (χ0) is 90.6. The predicted octanol–water partition coefficient (Wildman–Crippen LogP) is 6.38. The van der Waals surface area contributed by atoms with Gasteiger partial charge in [-0.3, -0.25) is 28.9 Å². The number of aromatic nitrogens is 9. The number of nitrogen functional groups attached to an aromatic ring is 2. The number of aliphatic hydroxyl groups is 3. The monoisotopic (exact) mass is 1760 g/mol. The summed E-state index contributed by atoms with van der Waals surface area (Å²) in [4.78, 5) is 138. The molecule has 1 saturated carbocycles. The number of esters is 1. The van der Waals surface area contributed by atoms with Crippen molar-refractivity contribution in [1.82, 2.24) is 70.0 Å². The molecule has 1 aromatic carbocycles. The first-order valence-corrected chi connectivity index (χ1v) is 44.6. The summed E-state index contributed by atoms with van der Waals surface area (Å²) >= 11 is 0. The number of unbranched alkanes of at least 4 members (excludes halogenated alkanes) is 1. The largest absolute Gasteiger partial charge is 0.459 e. The number of ether oxygens (including phenoxy) is 7. The number of cyclic esters (lactones) is 1. The molecule has 6 aliphatic rings. The van der Waals surface area contributed by atoms with Gasteiger partial charge in [-0.25, -0.2) is 44.2 Å². The number of oxazole rings is 1. The van der Waals surface area contributed by atoms with Crippen LogP contribution in [0.15, 0.2) is 101 Å². The Hall–Kier alpha value is -10.4. The highest BCUT2D eigenvalue weighted by Crippen LogP contribution is 2.39. The van der Waals surface area contributed by atoms with Crippen LogP contribution >= 0.6 is 0 Å². The van der Waals surface area contributed by atoms with E-state index in [1.165, 1.54) is 18.3 Å². The molecule has 4 saturated heterocycles. The van der Waals surface area contributed by atoms with E-state index in [9.17, 15) is 48.9 Å². The molecule has 0 unspecified atom stereocenters. The fraction of sp³-hybridized carbons (Fsp3) is 0.611. The number of nitrogens with zero attached hydrogens (tertiary/aromatic N) is 14. The summed E-state index contributed by atoms with van der Waals surface area (Å²) in [5.74, 6) is -6.98. The van der Waals surface area contributed by atoms with Crippen LogP contribution in [0.2, 0.25) is 0 Å². The number of benzene rings is 1. The Balaban J connectivity index is 0.557. The Morgan fingerprint density at radius 1 is 0.724 bits per heavy atom. The zero-order valence-electron chi connectivity index (χ0n) is 74.4. The number of aliphatic hydroxyl groups excluding tert-OH is 2. The molecule has 37 heteroatoms. The average molecular weight is 1760 g/mol. The van der Waals surface area contributed by atoms with Crippen LogP contribution in [0, 0.1) is 29.6 Å². The highest BCUT2D eigenvalue weighted by atomic mass is 16.6. The molecule has 6 aromatic rings. The van der Waals surface area contributed by atoms with Gasteiger partial charge in [0, 0.05) is 179 Å². The van der Waals surface area contributed by atoms with Crippen LogP contribution in [0.25, 0.3) is 33.4 Å². The van der Waals surface area contributed by atoms with E-state index in [1.54, 1.807) is 76.6 Å². The number of amides is 4. The third kappa shape index (κ3) is 24.8. The lowest BCUT2D eigenvalue weighted by Gasteiger charge is -2.43. The van der Waals surface area contributed by atoms with Crippen LogP contribution in [0.4, 0.5) is 28.5 Å². The number of ketones is 2. The quantitative estimate of drug-likeness (QED) is 0.0141. The van der Waals surface area contributed by atoms with E-state index in [0.717, 1.165) is 24.2 Å². The van der Waals surface area contributed by atoms with Crippen LogP contribution in [0.3, 0.4) is 0 Å². The van der Waals surface area contributed by atoms with Crippen molar-refractivity contribution in [3.63, 3.8) is 0 Å². The molecule has 1 aliphatic carbocycles. The number of nitrogens with two attached hydrogens (primary N) is 3. The molecular weight excluding hydrogens is 1640 g/mol. The zero-order valence-corrected chi connectivity index (χ0v) is 74.4. The summed E-state index contributed by atoms with van der Waals surface area (Å²) in [5.41, 5.74) is 24.6. The molecular formula is C90H127N19O18. The van der Waals surface area contributed by atoms with Crippen LogP contribution in [0.5, 0.6) is 0 Å². The van der Waals surface area contributed by atoms with Crippen molar-refractivity contribution in [3.05, 3.63) is 108 Å². The number of methoxy groups -OCH3 is 3. The Bertz CT molecular complexity index is 4840. The van der Waals surface area contributed by atoms with Gasteiger partial charge in [-0.15, -0.1) is 0 Å². The number of Topliss-reactive ketones (excluding diaryl/α,β-unsaturated/α-hetero) is 2. The van der Waals surface area contributed by atoms with Gasteiger partial charge in [0.05, 0.1) is 55.0 Å². The first kappa shape index (κ1) is 95.7. The number of aryl methyl sites for hydroxylation is 1. The second-order valence-electron chi connectivity index (χ2n) is 34.7. The van der Waals surface area contributed by atoms with E-state index in [0.29, 0.717) is 205 Å². The van der Waals surface area contributed by atoms with E-state index in [1.807, 2.05) is 73.1 Å². The SMILES string of the molecule is CO[C@H]1C[C@@H]2CC[C@@H](C)[C@@](O)(O2)C(=O)C(=O)N2CCCC[C@H]2C(=O)O[C@H]([C@H](N)C[C@@H]2CC[C@@H](OC(=O)NCc3cnc(N4CCN(C(=O)CCOCCN5CCN(c6ncc(C(=O)NCCCCn7nc(-c8ccc9oc(N)nc9c8)c8c(N)ncnc87)cn6)CC5)CC4)nc3)[C@H](OC)C2)C[C@@H](OC)[C@H](C)/C=C(\C)[C@@H](O)[C@@H](O)C(=O)[C@H](C)C[C@H](C)/C=C/C=CC=C1C. The number of hydrogen-bond acceptors (Lipinski definition) is 32. The topological polar surface area (TPSA) is 484 Å². The van der Waals surface area contributed by atoms with Gasteiger partial charge < -0.3 is 100 Å². The molecule has 37 nitrogen and oxygen atoms in total. The molecule has 127 heavy (non-hydrogen) atoms. The number of nitrogens with one attached hydrogen (secondary N) is 2. The summed E-state index contributed by atoms with van der Waals surface area (Å²) < 4.78 is 49.8. The van der Waals surface area contributed by atoms with Crippen LogP contribution < -0.4 is 37.6 Å². The second-order valence-corrected chi connectivity index (χ2v) is 34.7. The third-order valence-corrected chi connectivity index (χ3v) is 25.6. The van der Waals surface area contributed by atoms with Gasteiger partial charge >= 0.3 is 12.1 Å². The minimum atomic E-state index is -2.49. The van der Waals surface area contributed by atoms with Crippen LogP contribution in [0.1, 0.15) is 154 Å². The number of alkyl carbamates (subject to hydrolysis) is 1. The summed E-state index contributed by atoms with van der Waals surface area (Å²) in [6.45, 7) is 18.2. The first-order valence-electron chi connectivity index (χ1n) is 44.6. The lowest BCUT2D eigenvalue weighted by Crippen LogP contribution is -2.61. The molecule has 5 aromatic heterocycles. The lowest BCUT2D eigenvalue weighted by atomic mass is 9.80. The van der Waals surface area contributed by atoms with Crippen molar-refractivity contribution in [2.24, 2.45) is 35.3 Å². The molecule has 4 amide bonds. The number of hydrogen-bond donors (Lipinski definition) is 8. The average Bonchev–Trinajstić information content (AvgIpc) is 1.75. The molecule has 0 radical (unpaired) electrons. The van der Waals surface area contributed by atoms with E-state index >= 15 is 0 Å². The third-order valence-electron chi connectivity index (χ3n) is 25.6. The summed E-state index contributed by atoms with van der Waals surface area (Å²) in [5, 5.41) is 46.3. The molecule has 5 fully saturated rings. The van der Waals surface area contributed by atoms with Gasteiger partial charge in [-0.1, -0.05) is 64.2 Å². The summed E-state index contributed by atoms with van der Waals surface area (Å²) in [6, 6.07) is 3.49. The van der Waals surface area contributed by atoms with Crippen molar-refractivity contribution in [3.8, 4) is 11.3 Å². The predicted molar refractivity (Wildman–Crippen MR) is 472 cm³/mol. The van der Waals surface area contributed by atoms with Gasteiger partial charge in [-0.2, -0.15) is 10.1 Å². The van der Waals surface area contributed by atoms with Gasteiger partial charge in [0.15, 0.2) is 17.0 Å². The van der Waals surface area contributed by atoms with Crippen molar-refractivity contribution in [2.75, 3.05) is 128 Å². The maximum atomic E-state index is 14.9. The Morgan fingerprint density at radius 3 is 2.17 bits per heavy atom.